The van der Waals surface area contributed by atoms with Gasteiger partial charge in [0.15, 0.2) is 0 Å². The zero-order chi connectivity index (χ0) is 30.1. The fraction of sp³-hybridized carbons (Fsp3) is 0.303. The highest BCUT2D eigenvalue weighted by molar-refractivity contribution is 6.11. The molecule has 4 rings (SSSR count). The Hall–Kier alpha value is -4.79. The number of carbonyl (C=O) groups is 4. The summed E-state index contributed by atoms with van der Waals surface area (Å²) in [6, 6.07) is 21.0. The van der Waals surface area contributed by atoms with Crippen molar-refractivity contribution in [2.75, 3.05) is 11.9 Å². The largest absolute Gasteiger partial charge is 0.351 e. The number of nitrogens with zero attached hydrogens (tertiary/aromatic N) is 2. The smallest absolute Gasteiger partial charge is 0.243 e. The number of fused-ring (bicyclic) bond motifs is 1. The Labute approximate surface area is 245 Å². The monoisotopic (exact) mass is 567 g/mol. The second kappa shape index (κ2) is 14.2. The Kier molecular flexibility index (Phi) is 10.2. The van der Waals surface area contributed by atoms with Crippen molar-refractivity contribution in [3.8, 4) is 0 Å². The van der Waals surface area contributed by atoms with Crippen LogP contribution in [0.25, 0.3) is 10.8 Å². The topological polar surface area (TPSA) is 124 Å². The van der Waals surface area contributed by atoms with Gasteiger partial charge in [-0.1, -0.05) is 80.6 Å². The normalized spacial score (nSPS) is 13.2. The van der Waals surface area contributed by atoms with Gasteiger partial charge in [0.05, 0.1) is 23.8 Å². The van der Waals surface area contributed by atoms with E-state index in [1.807, 2.05) is 86.6 Å². The van der Waals surface area contributed by atoms with Crippen LogP contribution in [0.15, 0.2) is 85.3 Å². The summed E-state index contributed by atoms with van der Waals surface area (Å²) >= 11 is 0. The van der Waals surface area contributed by atoms with Gasteiger partial charge in [-0.3, -0.25) is 14.4 Å². The number of carbonyl (C=O) groups excluding carboxylic acids is 4. The third-order valence-electron chi connectivity index (χ3n) is 7.17. The molecule has 4 aromatic rings. The summed E-state index contributed by atoms with van der Waals surface area (Å²) in [6.07, 6.45) is 4.51. The molecule has 3 aromatic carbocycles. The fourth-order valence-electron chi connectivity index (χ4n) is 5.03. The van der Waals surface area contributed by atoms with E-state index in [9.17, 15) is 19.2 Å². The second-order valence-corrected chi connectivity index (χ2v) is 10.8. The molecule has 0 aliphatic carbocycles. The maximum atomic E-state index is 14.0. The number of nitrogens with one attached hydrogen (secondary N) is 3. The lowest BCUT2D eigenvalue weighted by atomic mass is 9.95. The van der Waals surface area contributed by atoms with Crippen molar-refractivity contribution in [1.82, 2.24) is 20.6 Å². The predicted octanol–water partition coefficient (Wildman–Crippen LogP) is 3.84. The lowest BCUT2D eigenvalue weighted by molar-refractivity contribution is -0.136. The van der Waals surface area contributed by atoms with Gasteiger partial charge < -0.3 is 25.3 Å². The first kappa shape index (κ1) is 30.2. The van der Waals surface area contributed by atoms with Crippen LogP contribution < -0.4 is 15.5 Å². The molecule has 1 heterocycles. The van der Waals surface area contributed by atoms with Crippen molar-refractivity contribution >= 4 is 40.5 Å². The predicted molar refractivity (Wildman–Crippen MR) is 163 cm³/mol. The summed E-state index contributed by atoms with van der Waals surface area (Å²) in [5.74, 6) is -2.45. The summed E-state index contributed by atoms with van der Waals surface area (Å²) in [5, 5.41) is 7.42. The van der Waals surface area contributed by atoms with Crippen LogP contribution >= 0.6 is 0 Å². The lowest BCUT2D eigenvalue weighted by Gasteiger charge is -2.27. The van der Waals surface area contributed by atoms with Gasteiger partial charge in [-0.2, -0.15) is 0 Å². The van der Waals surface area contributed by atoms with Crippen molar-refractivity contribution in [2.24, 2.45) is 11.8 Å². The second-order valence-electron chi connectivity index (χ2n) is 10.8. The van der Waals surface area contributed by atoms with E-state index in [2.05, 4.69) is 20.6 Å². The van der Waals surface area contributed by atoms with Crippen LogP contribution in [0.3, 0.4) is 0 Å². The number of imidazole rings is 1. The molecule has 3 amide bonds. The number of rotatable bonds is 13. The average Bonchev–Trinajstić information content (AvgIpc) is 3.51. The fourth-order valence-corrected chi connectivity index (χ4v) is 5.03. The molecular weight excluding hydrogens is 530 g/mol. The minimum absolute atomic E-state index is 0.0831. The average molecular weight is 568 g/mol. The van der Waals surface area contributed by atoms with Crippen LogP contribution in [0.1, 0.15) is 31.5 Å². The van der Waals surface area contributed by atoms with Gasteiger partial charge in [0.1, 0.15) is 18.2 Å². The van der Waals surface area contributed by atoms with Crippen LogP contribution in [0.4, 0.5) is 5.69 Å². The number of hydrogen-bond donors (Lipinski definition) is 3. The Balaban J connectivity index is 1.63. The zero-order valence-corrected chi connectivity index (χ0v) is 24.1. The Morgan fingerprint density at radius 3 is 2.31 bits per heavy atom. The van der Waals surface area contributed by atoms with E-state index in [1.54, 1.807) is 13.2 Å². The number of aromatic nitrogens is 2. The molecule has 1 aromatic heterocycles. The van der Waals surface area contributed by atoms with Crippen LogP contribution in [-0.2, 0) is 32.0 Å². The van der Waals surface area contributed by atoms with E-state index in [0.29, 0.717) is 24.1 Å². The SMILES string of the molecule is CC(C)C[C@@H](C=O)NC(=O)[C@H](Cc1c[nH]cn1)NC(=O)C(Cc1ccccc1)C(=O)N(C)c1cccc2ccccc12. The molecule has 0 aliphatic heterocycles. The molecule has 42 heavy (non-hydrogen) atoms. The molecule has 0 radical (unpaired) electrons. The van der Waals surface area contributed by atoms with Crippen molar-refractivity contribution in [1.29, 1.82) is 0 Å². The van der Waals surface area contributed by atoms with Crippen LogP contribution in [0.2, 0.25) is 0 Å². The highest BCUT2D eigenvalue weighted by atomic mass is 16.2. The third-order valence-corrected chi connectivity index (χ3v) is 7.17. The molecular formula is C33H37N5O4. The minimum Gasteiger partial charge on any atom is -0.351 e. The van der Waals surface area contributed by atoms with Crippen LogP contribution in [0, 0.1) is 11.8 Å². The number of amides is 3. The zero-order valence-electron chi connectivity index (χ0n) is 24.1. The van der Waals surface area contributed by atoms with Gasteiger partial charge in [0.25, 0.3) is 0 Å². The molecule has 0 spiro atoms. The van der Waals surface area contributed by atoms with Crippen molar-refractivity contribution < 1.29 is 19.2 Å². The molecule has 0 aliphatic rings. The first-order chi connectivity index (χ1) is 20.3. The first-order valence-corrected chi connectivity index (χ1v) is 14.1. The van der Waals surface area contributed by atoms with Gasteiger partial charge in [-0.15, -0.1) is 0 Å². The molecule has 218 valence electrons. The van der Waals surface area contributed by atoms with Gasteiger partial charge in [0.2, 0.25) is 17.7 Å². The molecule has 9 heteroatoms. The first-order valence-electron chi connectivity index (χ1n) is 14.1. The summed E-state index contributed by atoms with van der Waals surface area (Å²) in [6.45, 7) is 3.91. The Bertz CT molecular complexity index is 1500. The van der Waals surface area contributed by atoms with Gasteiger partial charge >= 0.3 is 0 Å². The minimum atomic E-state index is -1.12. The van der Waals surface area contributed by atoms with Crippen LogP contribution in [-0.4, -0.2) is 53.1 Å². The molecule has 0 saturated heterocycles. The molecule has 0 fully saturated rings. The van der Waals surface area contributed by atoms with Crippen molar-refractivity contribution in [2.45, 2.75) is 45.2 Å². The Morgan fingerprint density at radius 2 is 1.62 bits per heavy atom. The standard InChI is InChI=1S/C33H37N5O4/c1-22(2)16-26(20-39)36-32(41)29(18-25-19-34-21-35-25)37-31(40)28(17-23-10-5-4-6-11-23)33(42)38(3)30-15-9-13-24-12-7-8-14-27(24)30/h4-15,19-22,26,28-29H,16-18H2,1-3H3,(H,34,35)(H,36,41)(H,37,40)/t26-,28?,29-/m0/s1. The molecule has 9 nitrogen and oxygen atoms in total. The van der Waals surface area contributed by atoms with E-state index in [1.165, 1.54) is 11.2 Å². The highest BCUT2D eigenvalue weighted by Gasteiger charge is 2.34. The third kappa shape index (κ3) is 7.69. The van der Waals surface area contributed by atoms with E-state index >= 15 is 0 Å². The molecule has 1 unspecified atom stereocenters. The van der Waals surface area contributed by atoms with Crippen molar-refractivity contribution in [3.63, 3.8) is 0 Å². The van der Waals surface area contributed by atoms with E-state index < -0.39 is 35.7 Å². The molecule has 0 saturated carbocycles. The molecule has 3 N–H and O–H groups in total. The van der Waals surface area contributed by atoms with E-state index in [-0.39, 0.29) is 18.8 Å². The number of aromatic amines is 1. The van der Waals surface area contributed by atoms with Crippen molar-refractivity contribution in [3.05, 3.63) is 96.6 Å². The number of benzene rings is 3. The Morgan fingerprint density at radius 1 is 0.905 bits per heavy atom. The van der Waals surface area contributed by atoms with Gasteiger partial charge in [-0.05, 0) is 35.8 Å². The number of anilines is 1. The summed E-state index contributed by atoms with van der Waals surface area (Å²) in [5.41, 5.74) is 2.04. The lowest BCUT2D eigenvalue weighted by Crippen LogP contribution is -2.54. The highest BCUT2D eigenvalue weighted by Crippen LogP contribution is 2.27. The van der Waals surface area contributed by atoms with Gasteiger partial charge in [-0.25, -0.2) is 4.98 Å². The quantitative estimate of drug-likeness (QED) is 0.167. The maximum Gasteiger partial charge on any atom is 0.243 e. The number of aldehydes is 1. The molecule has 0 bridgehead atoms. The number of H-pyrrole nitrogens is 1. The summed E-state index contributed by atoms with van der Waals surface area (Å²) < 4.78 is 0. The summed E-state index contributed by atoms with van der Waals surface area (Å²) in [4.78, 5) is 61.6. The number of hydrogen-bond acceptors (Lipinski definition) is 5. The maximum absolute atomic E-state index is 14.0. The molecule has 3 atom stereocenters. The summed E-state index contributed by atoms with van der Waals surface area (Å²) in [7, 11) is 1.66. The van der Waals surface area contributed by atoms with E-state index in [0.717, 1.165) is 16.3 Å². The van der Waals surface area contributed by atoms with E-state index in [4.69, 9.17) is 0 Å². The van der Waals surface area contributed by atoms with Crippen LogP contribution in [0.5, 0.6) is 0 Å². The van der Waals surface area contributed by atoms with Gasteiger partial charge in [0, 0.05) is 25.1 Å².